The lowest BCUT2D eigenvalue weighted by atomic mass is 9.86. The van der Waals surface area contributed by atoms with Crippen LogP contribution in [0.3, 0.4) is 0 Å². The normalized spacial score (nSPS) is 26.2. The van der Waals surface area contributed by atoms with Gasteiger partial charge >= 0.3 is 0 Å². The fourth-order valence-electron chi connectivity index (χ4n) is 2.60. The van der Waals surface area contributed by atoms with Gasteiger partial charge in [0.05, 0.1) is 0 Å². The SMILES string of the molecule is CNC1CCC(CNCCCC(C)C)CC1. The molecule has 0 amide bonds. The third-order valence-electron chi connectivity index (χ3n) is 3.82. The van der Waals surface area contributed by atoms with Gasteiger partial charge in [0.2, 0.25) is 0 Å². The maximum absolute atomic E-state index is 3.62. The lowest BCUT2D eigenvalue weighted by Gasteiger charge is -2.28. The number of nitrogens with one attached hydrogen (secondary N) is 2. The first-order valence-electron chi connectivity index (χ1n) is 7.10. The molecule has 0 aromatic carbocycles. The molecule has 1 fully saturated rings. The molecule has 16 heavy (non-hydrogen) atoms. The predicted octanol–water partition coefficient (Wildman–Crippen LogP) is 2.79. The van der Waals surface area contributed by atoms with Crippen LogP contribution in [0.5, 0.6) is 0 Å². The standard InChI is InChI=1S/C14H30N2/c1-12(2)5-4-10-16-11-13-6-8-14(15-3)9-7-13/h12-16H,4-11H2,1-3H3. The molecule has 96 valence electrons. The summed E-state index contributed by atoms with van der Waals surface area (Å²) in [6.45, 7) is 7.07. The maximum atomic E-state index is 3.62. The van der Waals surface area contributed by atoms with E-state index in [0.717, 1.165) is 17.9 Å². The molecule has 0 radical (unpaired) electrons. The maximum Gasteiger partial charge on any atom is 0.00642 e. The van der Waals surface area contributed by atoms with Crippen molar-refractivity contribution in [3.8, 4) is 0 Å². The van der Waals surface area contributed by atoms with Gasteiger partial charge in [-0.05, 0) is 70.5 Å². The summed E-state index contributed by atoms with van der Waals surface area (Å²) in [4.78, 5) is 0. The van der Waals surface area contributed by atoms with Crippen LogP contribution in [0.25, 0.3) is 0 Å². The number of rotatable bonds is 7. The number of hydrogen-bond acceptors (Lipinski definition) is 2. The van der Waals surface area contributed by atoms with E-state index >= 15 is 0 Å². The van der Waals surface area contributed by atoms with E-state index < -0.39 is 0 Å². The zero-order valence-electron chi connectivity index (χ0n) is 11.4. The van der Waals surface area contributed by atoms with Crippen molar-refractivity contribution in [1.82, 2.24) is 10.6 Å². The Bertz CT molecular complexity index is 160. The van der Waals surface area contributed by atoms with E-state index in [0.29, 0.717) is 0 Å². The Morgan fingerprint density at radius 2 is 1.81 bits per heavy atom. The van der Waals surface area contributed by atoms with Gasteiger partial charge in [-0.3, -0.25) is 0 Å². The van der Waals surface area contributed by atoms with E-state index in [4.69, 9.17) is 0 Å². The Balaban J connectivity index is 1.94. The van der Waals surface area contributed by atoms with Crippen molar-refractivity contribution >= 4 is 0 Å². The molecule has 0 aromatic heterocycles. The van der Waals surface area contributed by atoms with Crippen molar-refractivity contribution in [2.24, 2.45) is 11.8 Å². The van der Waals surface area contributed by atoms with Gasteiger partial charge in [0.15, 0.2) is 0 Å². The number of hydrogen-bond donors (Lipinski definition) is 2. The molecule has 0 atom stereocenters. The zero-order chi connectivity index (χ0) is 11.8. The molecule has 0 aromatic rings. The molecular formula is C14H30N2. The minimum atomic E-state index is 0.789. The van der Waals surface area contributed by atoms with E-state index in [2.05, 4.69) is 31.5 Å². The summed E-state index contributed by atoms with van der Waals surface area (Å²) in [6.07, 6.45) is 8.25. The largest absolute Gasteiger partial charge is 0.317 e. The fourth-order valence-corrected chi connectivity index (χ4v) is 2.60. The highest BCUT2D eigenvalue weighted by molar-refractivity contribution is 4.77. The van der Waals surface area contributed by atoms with Gasteiger partial charge in [-0.15, -0.1) is 0 Å². The monoisotopic (exact) mass is 226 g/mol. The van der Waals surface area contributed by atoms with Crippen LogP contribution in [0.15, 0.2) is 0 Å². The third kappa shape index (κ3) is 5.86. The lowest BCUT2D eigenvalue weighted by molar-refractivity contribution is 0.292. The molecule has 1 aliphatic rings. The van der Waals surface area contributed by atoms with Gasteiger partial charge in [0.1, 0.15) is 0 Å². The molecular weight excluding hydrogens is 196 g/mol. The van der Waals surface area contributed by atoms with Crippen LogP contribution < -0.4 is 10.6 Å². The molecule has 2 N–H and O–H groups in total. The first-order chi connectivity index (χ1) is 7.72. The Labute approximate surface area is 102 Å². The van der Waals surface area contributed by atoms with Crippen LogP contribution in [0.4, 0.5) is 0 Å². The summed E-state index contributed by atoms with van der Waals surface area (Å²) < 4.78 is 0. The van der Waals surface area contributed by atoms with Gasteiger partial charge in [-0.25, -0.2) is 0 Å². The molecule has 2 heteroatoms. The molecule has 1 rings (SSSR count). The van der Waals surface area contributed by atoms with Crippen molar-refractivity contribution in [2.75, 3.05) is 20.1 Å². The van der Waals surface area contributed by atoms with Crippen LogP contribution in [-0.2, 0) is 0 Å². The zero-order valence-corrected chi connectivity index (χ0v) is 11.4. The molecule has 0 saturated heterocycles. The van der Waals surface area contributed by atoms with Gasteiger partial charge in [0, 0.05) is 6.04 Å². The van der Waals surface area contributed by atoms with Crippen molar-refractivity contribution in [3.63, 3.8) is 0 Å². The van der Waals surface area contributed by atoms with E-state index in [9.17, 15) is 0 Å². The average molecular weight is 226 g/mol. The first-order valence-corrected chi connectivity index (χ1v) is 7.10. The summed E-state index contributed by atoms with van der Waals surface area (Å²) in [6, 6.07) is 0.789. The van der Waals surface area contributed by atoms with Crippen LogP contribution in [0.2, 0.25) is 0 Å². The van der Waals surface area contributed by atoms with Crippen molar-refractivity contribution in [3.05, 3.63) is 0 Å². The van der Waals surface area contributed by atoms with E-state index in [1.165, 1.54) is 51.6 Å². The van der Waals surface area contributed by atoms with E-state index in [1.54, 1.807) is 0 Å². The molecule has 0 heterocycles. The Morgan fingerprint density at radius 3 is 2.38 bits per heavy atom. The van der Waals surface area contributed by atoms with Gasteiger partial charge < -0.3 is 10.6 Å². The Hall–Kier alpha value is -0.0800. The molecule has 0 bridgehead atoms. The molecule has 2 nitrogen and oxygen atoms in total. The van der Waals surface area contributed by atoms with Gasteiger partial charge in [-0.2, -0.15) is 0 Å². The average Bonchev–Trinajstić information content (AvgIpc) is 2.29. The van der Waals surface area contributed by atoms with Crippen LogP contribution in [0, 0.1) is 11.8 Å². The van der Waals surface area contributed by atoms with Crippen molar-refractivity contribution in [2.45, 2.75) is 58.4 Å². The van der Waals surface area contributed by atoms with Crippen molar-refractivity contribution in [1.29, 1.82) is 0 Å². The summed E-state index contributed by atoms with van der Waals surface area (Å²) in [5, 5.41) is 7.02. The topological polar surface area (TPSA) is 24.1 Å². The minimum Gasteiger partial charge on any atom is -0.317 e. The molecule has 1 aliphatic carbocycles. The van der Waals surface area contributed by atoms with Crippen LogP contribution >= 0.6 is 0 Å². The molecule has 0 aliphatic heterocycles. The van der Waals surface area contributed by atoms with E-state index in [-0.39, 0.29) is 0 Å². The van der Waals surface area contributed by atoms with Crippen LogP contribution in [-0.4, -0.2) is 26.2 Å². The lowest BCUT2D eigenvalue weighted by Crippen LogP contribution is -2.33. The van der Waals surface area contributed by atoms with Crippen molar-refractivity contribution < 1.29 is 0 Å². The highest BCUT2D eigenvalue weighted by Crippen LogP contribution is 2.23. The smallest absolute Gasteiger partial charge is 0.00642 e. The highest BCUT2D eigenvalue weighted by atomic mass is 14.9. The fraction of sp³-hybridized carbons (Fsp3) is 1.00. The Morgan fingerprint density at radius 1 is 1.12 bits per heavy atom. The highest BCUT2D eigenvalue weighted by Gasteiger charge is 2.19. The summed E-state index contributed by atoms with van der Waals surface area (Å²) >= 11 is 0. The second-order valence-corrected chi connectivity index (χ2v) is 5.75. The molecule has 1 saturated carbocycles. The summed E-state index contributed by atoms with van der Waals surface area (Å²) in [5.41, 5.74) is 0. The van der Waals surface area contributed by atoms with Gasteiger partial charge in [0.25, 0.3) is 0 Å². The first kappa shape index (κ1) is 14.0. The minimum absolute atomic E-state index is 0.789. The Kier molecular flexibility index (Phi) is 7.06. The summed E-state index contributed by atoms with van der Waals surface area (Å²) in [7, 11) is 2.09. The summed E-state index contributed by atoms with van der Waals surface area (Å²) in [5.74, 6) is 1.79. The third-order valence-corrected chi connectivity index (χ3v) is 3.82. The van der Waals surface area contributed by atoms with E-state index in [1.807, 2.05) is 0 Å². The van der Waals surface area contributed by atoms with Crippen LogP contribution in [0.1, 0.15) is 52.4 Å². The quantitative estimate of drug-likeness (QED) is 0.652. The second-order valence-electron chi connectivity index (χ2n) is 5.75. The predicted molar refractivity (Wildman–Crippen MR) is 71.7 cm³/mol. The van der Waals surface area contributed by atoms with Gasteiger partial charge in [-0.1, -0.05) is 13.8 Å². The second kappa shape index (κ2) is 8.08. The molecule has 0 unspecified atom stereocenters. The molecule has 0 spiro atoms.